The highest BCUT2D eigenvalue weighted by Crippen LogP contribution is 2.42. The number of hydrogen-bond donors (Lipinski definition) is 1. The number of nitrogens with zero attached hydrogens (tertiary/aromatic N) is 3. The van der Waals surface area contributed by atoms with Gasteiger partial charge in [0.1, 0.15) is 0 Å². The summed E-state index contributed by atoms with van der Waals surface area (Å²) < 4.78 is 0. The maximum Gasteiger partial charge on any atom is 0.254 e. The van der Waals surface area contributed by atoms with Crippen LogP contribution in [0.25, 0.3) is 10.9 Å². The van der Waals surface area contributed by atoms with Crippen molar-refractivity contribution >= 4 is 16.8 Å². The molecule has 3 aromatic rings. The second kappa shape index (κ2) is 5.16. The molecule has 0 unspecified atom stereocenters. The zero-order valence-electron chi connectivity index (χ0n) is 13.3. The topological polar surface area (TPSA) is 61.9 Å². The minimum atomic E-state index is 0.0854. The number of fused-ring (bicyclic) bond motifs is 2. The first-order valence-electron chi connectivity index (χ1n) is 8.50. The molecule has 0 bridgehead atoms. The summed E-state index contributed by atoms with van der Waals surface area (Å²) in [5, 5.41) is 8.60. The zero-order chi connectivity index (χ0) is 16.1. The van der Waals surface area contributed by atoms with Crippen molar-refractivity contribution in [3.63, 3.8) is 0 Å². The van der Waals surface area contributed by atoms with Crippen molar-refractivity contribution in [2.24, 2.45) is 0 Å². The van der Waals surface area contributed by atoms with Crippen molar-refractivity contribution in [3.05, 3.63) is 59.0 Å². The third kappa shape index (κ3) is 2.12. The van der Waals surface area contributed by atoms with Crippen LogP contribution >= 0.6 is 0 Å². The molecular weight excluding hydrogens is 300 g/mol. The van der Waals surface area contributed by atoms with Gasteiger partial charge in [0.25, 0.3) is 5.91 Å². The molecule has 5 heteroatoms. The van der Waals surface area contributed by atoms with E-state index in [4.69, 9.17) is 0 Å². The number of benzene rings is 1. The minimum Gasteiger partial charge on any atom is -0.334 e. The third-order valence-corrected chi connectivity index (χ3v) is 5.10. The van der Waals surface area contributed by atoms with Crippen LogP contribution in [-0.2, 0) is 13.0 Å². The number of rotatable bonds is 2. The molecule has 24 heavy (non-hydrogen) atoms. The predicted molar refractivity (Wildman–Crippen MR) is 90.8 cm³/mol. The number of amides is 1. The monoisotopic (exact) mass is 318 g/mol. The summed E-state index contributed by atoms with van der Waals surface area (Å²) in [4.78, 5) is 19.4. The van der Waals surface area contributed by atoms with Gasteiger partial charge in [-0.15, -0.1) is 0 Å². The number of aromatic nitrogens is 3. The average Bonchev–Trinajstić information content (AvgIpc) is 3.39. The molecule has 2 aliphatic rings. The Kier molecular flexibility index (Phi) is 2.95. The highest BCUT2D eigenvalue weighted by atomic mass is 16.2. The van der Waals surface area contributed by atoms with E-state index < -0.39 is 0 Å². The second-order valence-electron chi connectivity index (χ2n) is 6.69. The van der Waals surface area contributed by atoms with Gasteiger partial charge in [-0.1, -0.05) is 18.2 Å². The molecule has 1 aromatic carbocycles. The number of H-pyrrole nitrogens is 1. The van der Waals surface area contributed by atoms with Gasteiger partial charge in [0.15, 0.2) is 0 Å². The van der Waals surface area contributed by atoms with E-state index in [-0.39, 0.29) is 5.91 Å². The van der Waals surface area contributed by atoms with E-state index in [2.05, 4.69) is 15.2 Å². The fraction of sp³-hybridized carbons (Fsp3) is 0.316. The van der Waals surface area contributed by atoms with Gasteiger partial charge in [0.2, 0.25) is 0 Å². The molecule has 3 heterocycles. The molecule has 5 rings (SSSR count). The molecule has 0 radical (unpaired) electrons. The third-order valence-electron chi connectivity index (χ3n) is 5.10. The fourth-order valence-corrected chi connectivity index (χ4v) is 3.64. The van der Waals surface area contributed by atoms with E-state index >= 15 is 0 Å². The SMILES string of the molecule is O=C(c1ccnc2ccccc12)N1CCc2[nH]nc(C3CC3)c2C1. The van der Waals surface area contributed by atoms with Crippen molar-refractivity contribution < 1.29 is 4.79 Å². The number of nitrogens with one attached hydrogen (secondary N) is 1. The lowest BCUT2D eigenvalue weighted by molar-refractivity contribution is 0.0736. The Morgan fingerprint density at radius 1 is 1.21 bits per heavy atom. The zero-order valence-corrected chi connectivity index (χ0v) is 13.3. The molecule has 0 atom stereocenters. The lowest BCUT2D eigenvalue weighted by atomic mass is 10.0. The summed E-state index contributed by atoms with van der Waals surface area (Å²) in [5.41, 5.74) is 5.24. The van der Waals surface area contributed by atoms with E-state index in [9.17, 15) is 4.79 Å². The number of para-hydroxylation sites is 1. The molecule has 0 spiro atoms. The maximum atomic E-state index is 13.1. The van der Waals surface area contributed by atoms with Crippen molar-refractivity contribution in [1.82, 2.24) is 20.1 Å². The average molecular weight is 318 g/mol. The summed E-state index contributed by atoms with van der Waals surface area (Å²) in [6.07, 6.45) is 5.02. The Balaban J connectivity index is 1.50. The molecule has 2 aromatic heterocycles. The van der Waals surface area contributed by atoms with Crippen LogP contribution in [0.2, 0.25) is 0 Å². The van der Waals surface area contributed by atoms with Gasteiger partial charge in [0, 0.05) is 48.3 Å². The maximum absolute atomic E-state index is 13.1. The first kappa shape index (κ1) is 13.7. The lowest BCUT2D eigenvalue weighted by Gasteiger charge is -2.27. The number of aromatic amines is 1. The van der Waals surface area contributed by atoms with Crippen molar-refractivity contribution in [3.8, 4) is 0 Å². The van der Waals surface area contributed by atoms with Crippen LogP contribution < -0.4 is 0 Å². The Hall–Kier alpha value is -2.69. The van der Waals surface area contributed by atoms with Crippen LogP contribution in [-0.4, -0.2) is 32.5 Å². The Bertz CT molecular complexity index is 936. The number of hydrogen-bond acceptors (Lipinski definition) is 3. The van der Waals surface area contributed by atoms with Crippen LogP contribution in [0.5, 0.6) is 0 Å². The van der Waals surface area contributed by atoms with E-state index in [0.29, 0.717) is 12.5 Å². The molecule has 1 aliphatic heterocycles. The molecule has 0 saturated heterocycles. The molecule has 1 fully saturated rings. The fourth-order valence-electron chi connectivity index (χ4n) is 3.64. The van der Waals surface area contributed by atoms with Gasteiger partial charge in [-0.05, 0) is 25.0 Å². The number of pyridine rings is 1. The molecule has 120 valence electrons. The van der Waals surface area contributed by atoms with E-state index in [1.807, 2.05) is 35.2 Å². The molecule has 1 amide bonds. The van der Waals surface area contributed by atoms with Crippen LogP contribution in [0.15, 0.2) is 36.5 Å². The summed E-state index contributed by atoms with van der Waals surface area (Å²) >= 11 is 0. The van der Waals surface area contributed by atoms with Gasteiger partial charge < -0.3 is 4.90 Å². The standard InChI is InChI=1S/C19H18N4O/c24-19(14-7-9-20-16-4-2-1-3-13(14)16)23-10-8-17-15(11-23)18(22-21-17)12-5-6-12/h1-4,7,9,12H,5-6,8,10-11H2,(H,21,22). The first-order chi connectivity index (χ1) is 11.8. The second-order valence-corrected chi connectivity index (χ2v) is 6.69. The Morgan fingerprint density at radius 3 is 2.96 bits per heavy atom. The Morgan fingerprint density at radius 2 is 2.08 bits per heavy atom. The highest BCUT2D eigenvalue weighted by molar-refractivity contribution is 6.06. The largest absolute Gasteiger partial charge is 0.334 e. The first-order valence-corrected chi connectivity index (χ1v) is 8.50. The summed E-state index contributed by atoms with van der Waals surface area (Å²) in [6, 6.07) is 9.65. The molecule has 5 nitrogen and oxygen atoms in total. The van der Waals surface area contributed by atoms with Gasteiger partial charge in [-0.3, -0.25) is 14.9 Å². The Labute approximate surface area is 139 Å². The van der Waals surface area contributed by atoms with E-state index in [0.717, 1.165) is 29.4 Å². The van der Waals surface area contributed by atoms with Crippen LogP contribution in [0.3, 0.4) is 0 Å². The van der Waals surface area contributed by atoms with Crippen molar-refractivity contribution in [1.29, 1.82) is 0 Å². The highest BCUT2D eigenvalue weighted by Gasteiger charge is 2.33. The molecule has 1 aliphatic carbocycles. The molecule has 1 N–H and O–H groups in total. The van der Waals surface area contributed by atoms with Crippen LogP contribution in [0.4, 0.5) is 0 Å². The van der Waals surface area contributed by atoms with Crippen LogP contribution in [0, 0.1) is 0 Å². The van der Waals surface area contributed by atoms with Gasteiger partial charge in [-0.2, -0.15) is 5.10 Å². The normalized spacial score (nSPS) is 17.1. The lowest BCUT2D eigenvalue weighted by Crippen LogP contribution is -2.36. The summed E-state index contributed by atoms with van der Waals surface area (Å²) in [7, 11) is 0. The molecular formula is C19H18N4O. The smallest absolute Gasteiger partial charge is 0.254 e. The van der Waals surface area contributed by atoms with Crippen LogP contribution in [0.1, 0.15) is 46.1 Å². The van der Waals surface area contributed by atoms with E-state index in [1.165, 1.54) is 29.8 Å². The van der Waals surface area contributed by atoms with Gasteiger partial charge >= 0.3 is 0 Å². The van der Waals surface area contributed by atoms with Gasteiger partial charge in [-0.25, -0.2) is 0 Å². The van der Waals surface area contributed by atoms with Gasteiger partial charge in [0.05, 0.1) is 16.8 Å². The number of carbonyl (C=O) groups is 1. The minimum absolute atomic E-state index is 0.0854. The predicted octanol–water partition coefficient (Wildman–Crippen LogP) is 3.03. The van der Waals surface area contributed by atoms with Crippen molar-refractivity contribution in [2.75, 3.05) is 6.54 Å². The quantitative estimate of drug-likeness (QED) is 0.790. The number of carbonyl (C=O) groups excluding carboxylic acids is 1. The summed E-state index contributed by atoms with van der Waals surface area (Å²) in [5.74, 6) is 0.684. The van der Waals surface area contributed by atoms with Crippen molar-refractivity contribution in [2.45, 2.75) is 31.7 Å². The summed E-state index contributed by atoms with van der Waals surface area (Å²) in [6.45, 7) is 1.39. The van der Waals surface area contributed by atoms with E-state index in [1.54, 1.807) is 6.20 Å². The molecule has 1 saturated carbocycles.